The summed E-state index contributed by atoms with van der Waals surface area (Å²) in [6, 6.07) is 7.17. The van der Waals surface area contributed by atoms with E-state index in [9.17, 15) is 18.3 Å². The normalized spacial score (nSPS) is 37.0. The van der Waals surface area contributed by atoms with Crippen LogP contribution < -0.4 is 5.32 Å². The van der Waals surface area contributed by atoms with E-state index >= 15 is 0 Å². The first-order chi connectivity index (χ1) is 16.6. The average Bonchev–Trinajstić information content (AvgIpc) is 2.79. The molecule has 5 fully saturated rings. The number of para-hydroxylation sites is 1. The summed E-state index contributed by atoms with van der Waals surface area (Å²) in [5.41, 5.74) is -0.313. The van der Waals surface area contributed by atoms with Gasteiger partial charge in [-0.1, -0.05) is 12.1 Å². The number of amides is 1. The van der Waals surface area contributed by atoms with Gasteiger partial charge in [-0.05, 0) is 101 Å². The van der Waals surface area contributed by atoms with Crippen molar-refractivity contribution in [3.63, 3.8) is 0 Å². The van der Waals surface area contributed by atoms with E-state index in [1.807, 2.05) is 19.1 Å². The molecule has 2 heterocycles. The average molecular weight is 498 g/mol. The molecule has 0 spiro atoms. The molecule has 1 amide bonds. The fourth-order valence-electron chi connectivity index (χ4n) is 7.80. The lowest BCUT2D eigenvalue weighted by Crippen LogP contribution is -2.66. The van der Waals surface area contributed by atoms with Crippen molar-refractivity contribution in [2.45, 2.75) is 87.3 Å². The number of nitrogens with one attached hydrogen (secondary N) is 1. The molecule has 35 heavy (non-hydrogen) atoms. The molecule has 0 radical (unpaired) electrons. The Morgan fingerprint density at radius 1 is 1.17 bits per heavy atom. The van der Waals surface area contributed by atoms with Gasteiger partial charge in [-0.15, -0.1) is 0 Å². The summed E-state index contributed by atoms with van der Waals surface area (Å²) in [5.74, 6) is 0.903. The van der Waals surface area contributed by atoms with Gasteiger partial charge in [0.25, 0.3) is 0 Å². The minimum Gasteiger partial charge on any atom is -0.390 e. The maximum Gasteiger partial charge on any atom is 0.246 e. The minimum atomic E-state index is -3.96. The van der Waals surface area contributed by atoms with Crippen LogP contribution in [0.2, 0.25) is 0 Å². The Morgan fingerprint density at radius 2 is 1.91 bits per heavy atom. The van der Waals surface area contributed by atoms with E-state index in [2.05, 4.69) is 10.3 Å². The highest BCUT2D eigenvalue weighted by atomic mass is 32.2. The monoisotopic (exact) mass is 497 g/mol. The van der Waals surface area contributed by atoms with Crippen molar-refractivity contribution < 1.29 is 18.3 Å². The summed E-state index contributed by atoms with van der Waals surface area (Å²) in [6.45, 7) is 4.03. The molecule has 4 aliphatic carbocycles. The third-order valence-corrected chi connectivity index (χ3v) is 11.3. The number of hydrogen-bond acceptors (Lipinski definition) is 5. The predicted molar refractivity (Wildman–Crippen MR) is 133 cm³/mol. The van der Waals surface area contributed by atoms with Gasteiger partial charge < -0.3 is 10.4 Å². The number of pyridine rings is 1. The zero-order valence-electron chi connectivity index (χ0n) is 20.5. The topological polar surface area (TPSA) is 99.6 Å². The number of aliphatic hydroxyl groups is 1. The summed E-state index contributed by atoms with van der Waals surface area (Å²) < 4.78 is 29.5. The Labute approximate surface area is 207 Å². The van der Waals surface area contributed by atoms with Crippen molar-refractivity contribution in [1.29, 1.82) is 0 Å². The number of carbonyl (C=O) groups excluding carboxylic acids is 1. The Hall–Kier alpha value is -2.03. The first-order valence-electron chi connectivity index (χ1n) is 13.0. The molecule has 7 rings (SSSR count). The first-order valence-corrected chi connectivity index (χ1v) is 14.4. The standard InChI is InChI=1S/C27H35N3O4S/c1-17-10-19-6-5-7-22(24(19)28-16-17)35(33,34)30-9-4-3-8-26(30,2)25(31)29-23-20-11-18-12-21(23)15-27(32,13-18)14-20/h5-7,10,16,18,20-21,23,32H,3-4,8-9,11-15H2,1-2H3,(H,29,31)/t18?,20?,21?,23?,26-,27?/m1/s1. The molecule has 2 N–H and O–H groups in total. The molecule has 4 saturated carbocycles. The number of carbonyl (C=O) groups is 1. The number of piperidine rings is 1. The van der Waals surface area contributed by atoms with E-state index in [0.717, 1.165) is 55.9 Å². The van der Waals surface area contributed by atoms with Crippen LogP contribution in [-0.4, -0.2) is 52.4 Å². The molecule has 2 unspecified atom stereocenters. The van der Waals surface area contributed by atoms with Crippen LogP contribution in [0.1, 0.15) is 63.9 Å². The highest BCUT2D eigenvalue weighted by molar-refractivity contribution is 7.89. The summed E-state index contributed by atoms with van der Waals surface area (Å²) >= 11 is 0. The molecule has 5 aliphatic rings. The number of fused-ring (bicyclic) bond motifs is 1. The Kier molecular flexibility index (Phi) is 5.33. The van der Waals surface area contributed by atoms with Crippen molar-refractivity contribution in [1.82, 2.24) is 14.6 Å². The molecular weight excluding hydrogens is 462 g/mol. The summed E-state index contributed by atoms with van der Waals surface area (Å²) in [5, 5.41) is 15.0. The quantitative estimate of drug-likeness (QED) is 0.673. The van der Waals surface area contributed by atoms with Crippen LogP contribution >= 0.6 is 0 Å². The second-order valence-corrected chi connectivity index (χ2v) is 13.7. The first kappa shape index (κ1) is 23.4. The number of aryl methyl sites for hydroxylation is 1. The van der Waals surface area contributed by atoms with E-state index in [4.69, 9.17) is 0 Å². The van der Waals surface area contributed by atoms with Gasteiger partial charge in [0.15, 0.2) is 0 Å². The summed E-state index contributed by atoms with van der Waals surface area (Å²) in [7, 11) is -3.96. The Balaban J connectivity index is 1.32. The highest BCUT2D eigenvalue weighted by Crippen LogP contribution is 2.55. The van der Waals surface area contributed by atoms with Crippen LogP contribution in [0.5, 0.6) is 0 Å². The van der Waals surface area contributed by atoms with Crippen molar-refractivity contribution in [3.05, 3.63) is 36.0 Å². The SMILES string of the molecule is Cc1cnc2c(S(=O)(=O)N3CCCC[C@]3(C)C(=O)NC3C4CC5CC3CC(O)(C5)C4)cccc2c1. The van der Waals surface area contributed by atoms with E-state index < -0.39 is 21.2 Å². The molecule has 3 atom stereocenters. The zero-order valence-corrected chi connectivity index (χ0v) is 21.4. The molecule has 188 valence electrons. The summed E-state index contributed by atoms with van der Waals surface area (Å²) in [4.78, 5) is 18.5. The van der Waals surface area contributed by atoms with Crippen LogP contribution in [-0.2, 0) is 14.8 Å². The van der Waals surface area contributed by atoms with Crippen LogP contribution in [0.4, 0.5) is 0 Å². The van der Waals surface area contributed by atoms with E-state index in [-0.39, 0.29) is 28.7 Å². The molecule has 7 nitrogen and oxygen atoms in total. The van der Waals surface area contributed by atoms with Gasteiger partial charge in [0.1, 0.15) is 10.4 Å². The van der Waals surface area contributed by atoms with Crippen LogP contribution in [0.25, 0.3) is 10.9 Å². The van der Waals surface area contributed by atoms with Crippen molar-refractivity contribution in [3.8, 4) is 0 Å². The molecule has 1 aromatic heterocycles. The minimum absolute atomic E-state index is 0.0184. The van der Waals surface area contributed by atoms with E-state index in [1.165, 1.54) is 4.31 Å². The lowest BCUT2D eigenvalue weighted by molar-refractivity contribution is -0.151. The Morgan fingerprint density at radius 3 is 2.63 bits per heavy atom. The van der Waals surface area contributed by atoms with Gasteiger partial charge in [-0.25, -0.2) is 8.42 Å². The molecule has 1 aliphatic heterocycles. The van der Waals surface area contributed by atoms with Gasteiger partial charge in [-0.3, -0.25) is 9.78 Å². The maximum absolute atomic E-state index is 14.1. The third-order valence-electron chi connectivity index (χ3n) is 9.23. The fourth-order valence-corrected chi connectivity index (χ4v) is 9.78. The van der Waals surface area contributed by atoms with Crippen molar-refractivity contribution >= 4 is 26.8 Å². The number of benzene rings is 1. The lowest BCUT2D eigenvalue weighted by Gasteiger charge is -2.58. The number of aromatic nitrogens is 1. The number of hydrogen-bond donors (Lipinski definition) is 2. The predicted octanol–water partition coefficient (Wildman–Crippen LogP) is 3.53. The van der Waals surface area contributed by atoms with Crippen LogP contribution in [0, 0.1) is 24.7 Å². The maximum atomic E-state index is 14.1. The number of sulfonamides is 1. The van der Waals surface area contributed by atoms with Crippen LogP contribution in [0.15, 0.2) is 35.4 Å². The smallest absolute Gasteiger partial charge is 0.246 e. The van der Waals surface area contributed by atoms with Crippen molar-refractivity contribution in [2.75, 3.05) is 6.54 Å². The van der Waals surface area contributed by atoms with Gasteiger partial charge in [0.05, 0.1) is 11.1 Å². The van der Waals surface area contributed by atoms with E-state index in [0.29, 0.717) is 24.4 Å². The van der Waals surface area contributed by atoms with Gasteiger partial charge in [0, 0.05) is 24.2 Å². The highest BCUT2D eigenvalue weighted by Gasteiger charge is 2.56. The van der Waals surface area contributed by atoms with Gasteiger partial charge in [-0.2, -0.15) is 4.31 Å². The molecule has 1 aromatic carbocycles. The van der Waals surface area contributed by atoms with Crippen molar-refractivity contribution in [2.24, 2.45) is 17.8 Å². The molecular formula is C27H35N3O4S. The fraction of sp³-hybridized carbons (Fsp3) is 0.630. The molecule has 8 heteroatoms. The second-order valence-electron chi connectivity index (χ2n) is 11.8. The number of rotatable bonds is 4. The number of nitrogens with zero attached hydrogens (tertiary/aromatic N) is 2. The third kappa shape index (κ3) is 3.71. The summed E-state index contributed by atoms with van der Waals surface area (Å²) in [6.07, 6.45) is 8.17. The van der Waals surface area contributed by atoms with E-state index in [1.54, 1.807) is 25.3 Å². The second kappa shape index (κ2) is 7.98. The van der Waals surface area contributed by atoms with Gasteiger partial charge >= 0.3 is 0 Å². The molecule has 4 bridgehead atoms. The van der Waals surface area contributed by atoms with Gasteiger partial charge in [0.2, 0.25) is 15.9 Å². The van der Waals surface area contributed by atoms with Crippen LogP contribution in [0.3, 0.4) is 0 Å². The largest absolute Gasteiger partial charge is 0.390 e. The lowest BCUT2D eigenvalue weighted by atomic mass is 9.52. The zero-order chi connectivity index (χ0) is 24.6. The Bertz CT molecular complexity index is 1280. The molecule has 2 aromatic rings. The molecule has 1 saturated heterocycles.